The number of hydrogen-bond donors (Lipinski definition) is 1. The van der Waals surface area contributed by atoms with E-state index in [9.17, 15) is 0 Å². The van der Waals surface area contributed by atoms with Crippen LogP contribution in [0.1, 0.15) is 27.2 Å². The van der Waals surface area contributed by atoms with Crippen molar-refractivity contribution in [1.29, 1.82) is 0 Å². The quantitative estimate of drug-likeness (QED) is 0.512. The Bertz CT molecular complexity index is 63.4. The molecule has 0 aliphatic heterocycles. The minimum Gasteiger partial charge on any atom is -0.341 e. The van der Waals surface area contributed by atoms with Gasteiger partial charge in [0.2, 0.25) is 0 Å². The van der Waals surface area contributed by atoms with Gasteiger partial charge in [0.25, 0.3) is 0 Å². The van der Waals surface area contributed by atoms with Crippen LogP contribution in [0.4, 0.5) is 0 Å². The maximum absolute atomic E-state index is 3.57. The molecule has 0 radical (unpaired) electrons. The van der Waals surface area contributed by atoms with Crippen LogP contribution in [0.15, 0.2) is 0 Å². The lowest BCUT2D eigenvalue weighted by Crippen LogP contribution is -2.41. The van der Waals surface area contributed by atoms with Crippen molar-refractivity contribution < 1.29 is 0 Å². The summed E-state index contributed by atoms with van der Waals surface area (Å²) in [5.41, 5.74) is 0.438. The lowest BCUT2D eigenvalue weighted by molar-refractivity contribution is 0.457. The molecule has 1 N–H and O–H groups in total. The maximum Gasteiger partial charge on any atom is 0.0728 e. The molecule has 0 rings (SSSR count). The Morgan fingerprint density at radius 3 is 2.25 bits per heavy atom. The second kappa shape index (κ2) is 3.43. The second-order valence-electron chi connectivity index (χ2n) is 2.77. The van der Waals surface area contributed by atoms with Crippen LogP contribution in [0.3, 0.4) is 0 Å². The van der Waals surface area contributed by atoms with Gasteiger partial charge in [-0.3, -0.25) is 0 Å². The average molecular weight is 147 g/mol. The summed E-state index contributed by atoms with van der Waals surface area (Å²) in [5, 5.41) is 0. The van der Waals surface area contributed by atoms with Crippen LogP contribution >= 0.6 is 0 Å². The SMILES string of the molecule is CCC(C)(C)N[SiH2][SiH3]. The highest BCUT2D eigenvalue weighted by Crippen LogP contribution is 2.04. The summed E-state index contributed by atoms with van der Waals surface area (Å²) in [6, 6.07) is 0. The minimum absolute atomic E-state index is 0.188. The van der Waals surface area contributed by atoms with Crippen molar-refractivity contribution in [2.24, 2.45) is 0 Å². The molecule has 0 aliphatic carbocycles. The maximum atomic E-state index is 3.57. The zero-order valence-corrected chi connectivity index (χ0v) is 9.83. The third kappa shape index (κ3) is 3.40. The van der Waals surface area contributed by atoms with E-state index in [2.05, 4.69) is 25.8 Å². The van der Waals surface area contributed by atoms with Gasteiger partial charge in [-0.2, -0.15) is 0 Å². The molecule has 0 aromatic rings. The van der Waals surface area contributed by atoms with Crippen molar-refractivity contribution in [3.8, 4) is 0 Å². The van der Waals surface area contributed by atoms with Gasteiger partial charge in [0, 0.05) is 15.3 Å². The molecule has 0 atom stereocenters. The normalized spacial score (nSPS) is 13.9. The molecule has 0 saturated carbocycles. The molecule has 50 valence electrons. The third-order valence-corrected chi connectivity index (χ3v) is 3.91. The van der Waals surface area contributed by atoms with E-state index in [1.54, 1.807) is 0 Å². The van der Waals surface area contributed by atoms with E-state index in [1.165, 1.54) is 16.2 Å². The zero-order valence-electron chi connectivity index (χ0n) is 6.41. The summed E-state index contributed by atoms with van der Waals surface area (Å²) < 4.78 is 0. The topological polar surface area (TPSA) is 12.0 Å². The highest BCUT2D eigenvalue weighted by atomic mass is 29.1. The average Bonchev–Trinajstić information content (AvgIpc) is 1.67. The van der Waals surface area contributed by atoms with Crippen LogP contribution in [-0.4, -0.2) is 24.5 Å². The molecule has 3 heteroatoms. The van der Waals surface area contributed by atoms with E-state index in [-0.39, 0.29) is 9.20 Å². The van der Waals surface area contributed by atoms with E-state index in [1.807, 2.05) is 0 Å². The van der Waals surface area contributed by atoms with E-state index in [0.29, 0.717) is 5.54 Å². The predicted molar refractivity (Wildman–Crippen MR) is 46.0 cm³/mol. The number of nitrogens with one attached hydrogen (secondary N) is 1. The highest BCUT2D eigenvalue weighted by Gasteiger charge is 2.10. The first-order valence-corrected chi connectivity index (χ1v) is 9.74. The predicted octanol–water partition coefficient (Wildman–Crippen LogP) is -0.871. The van der Waals surface area contributed by atoms with Gasteiger partial charge in [0.05, 0.1) is 9.20 Å². The molecule has 0 saturated heterocycles. The molecule has 1 nitrogen and oxygen atoms in total. The fourth-order valence-corrected chi connectivity index (χ4v) is 4.68. The van der Waals surface area contributed by atoms with Gasteiger partial charge in [-0.1, -0.05) is 6.92 Å². The Hall–Kier alpha value is 0.394. The molecule has 0 amide bonds. The van der Waals surface area contributed by atoms with E-state index in [4.69, 9.17) is 0 Å². The Labute approximate surface area is 57.4 Å². The second-order valence-corrected chi connectivity index (χ2v) is 5.95. The Morgan fingerprint density at radius 2 is 2.12 bits per heavy atom. The Balaban J connectivity index is 3.37. The van der Waals surface area contributed by atoms with Crippen molar-refractivity contribution in [2.45, 2.75) is 32.7 Å². The lowest BCUT2D eigenvalue weighted by atomic mass is 10.0. The Morgan fingerprint density at radius 1 is 1.62 bits per heavy atom. The molecular formula is C5H17NSi2. The smallest absolute Gasteiger partial charge is 0.0728 e. The summed E-state index contributed by atoms with van der Waals surface area (Å²) >= 11 is 0. The molecule has 0 aliphatic rings. The fraction of sp³-hybridized carbons (Fsp3) is 1.00. The molecule has 0 aromatic carbocycles. The summed E-state index contributed by atoms with van der Waals surface area (Å²) in [4.78, 5) is 3.57. The molecule has 0 heterocycles. The highest BCUT2D eigenvalue weighted by molar-refractivity contribution is 6.87. The lowest BCUT2D eigenvalue weighted by Gasteiger charge is -2.23. The first-order chi connectivity index (χ1) is 3.62. The first-order valence-electron chi connectivity index (χ1n) is 3.37. The summed E-state index contributed by atoms with van der Waals surface area (Å²) in [6.45, 7) is 6.79. The molecule has 0 unspecified atom stereocenters. The third-order valence-electron chi connectivity index (χ3n) is 1.54. The van der Waals surface area contributed by atoms with Crippen molar-refractivity contribution in [2.75, 3.05) is 0 Å². The summed E-state index contributed by atoms with van der Waals surface area (Å²) in [6.07, 6.45) is 1.25. The van der Waals surface area contributed by atoms with E-state index in [0.717, 1.165) is 0 Å². The summed E-state index contributed by atoms with van der Waals surface area (Å²) in [7, 11) is 1.59. The van der Waals surface area contributed by atoms with E-state index >= 15 is 0 Å². The summed E-state index contributed by atoms with van der Waals surface area (Å²) in [5.74, 6) is 0. The van der Waals surface area contributed by atoms with Crippen LogP contribution < -0.4 is 4.98 Å². The van der Waals surface area contributed by atoms with Crippen molar-refractivity contribution >= 4 is 19.0 Å². The molecule has 8 heavy (non-hydrogen) atoms. The van der Waals surface area contributed by atoms with Gasteiger partial charge in [-0.25, -0.2) is 0 Å². The molecule has 0 aromatic heterocycles. The van der Waals surface area contributed by atoms with Gasteiger partial charge in [0.1, 0.15) is 0 Å². The van der Waals surface area contributed by atoms with Crippen LogP contribution in [-0.2, 0) is 0 Å². The standard InChI is InChI=1S/C5H17NSi2/c1-4-5(2,3)6-8-7/h6H,4,8H2,1-3,7H3. The monoisotopic (exact) mass is 147 g/mol. The minimum atomic E-state index is 0.188. The van der Waals surface area contributed by atoms with Gasteiger partial charge in [-0.05, 0) is 20.3 Å². The Kier molecular flexibility index (Phi) is 3.59. The fourth-order valence-electron chi connectivity index (χ4n) is 0.604. The molecular weight excluding hydrogens is 130 g/mol. The van der Waals surface area contributed by atoms with Crippen LogP contribution in [0.25, 0.3) is 0 Å². The van der Waals surface area contributed by atoms with Crippen LogP contribution in [0, 0.1) is 0 Å². The van der Waals surface area contributed by atoms with Crippen molar-refractivity contribution in [1.82, 2.24) is 4.98 Å². The first kappa shape index (κ1) is 8.39. The van der Waals surface area contributed by atoms with Crippen LogP contribution in [0.5, 0.6) is 0 Å². The molecule has 0 bridgehead atoms. The largest absolute Gasteiger partial charge is 0.341 e. The van der Waals surface area contributed by atoms with E-state index < -0.39 is 0 Å². The van der Waals surface area contributed by atoms with Gasteiger partial charge in [-0.15, -0.1) is 0 Å². The number of rotatable bonds is 3. The molecule has 0 fully saturated rings. The van der Waals surface area contributed by atoms with Crippen LogP contribution in [0.2, 0.25) is 0 Å². The van der Waals surface area contributed by atoms with Gasteiger partial charge < -0.3 is 4.98 Å². The van der Waals surface area contributed by atoms with Gasteiger partial charge >= 0.3 is 0 Å². The molecule has 0 spiro atoms. The van der Waals surface area contributed by atoms with Gasteiger partial charge in [0.15, 0.2) is 0 Å². The zero-order chi connectivity index (χ0) is 6.62. The van der Waals surface area contributed by atoms with Crippen molar-refractivity contribution in [3.05, 3.63) is 0 Å². The van der Waals surface area contributed by atoms with Crippen molar-refractivity contribution in [3.63, 3.8) is 0 Å². The number of hydrogen-bond acceptors (Lipinski definition) is 1.